The topological polar surface area (TPSA) is 127 Å². The zero-order valence-corrected chi connectivity index (χ0v) is 19.7. The smallest absolute Gasteiger partial charge is 0.407 e. The number of nitrogens with one attached hydrogen (secondary N) is 3. The highest BCUT2D eigenvalue weighted by Crippen LogP contribution is 2.24. The molecule has 0 aliphatic rings. The number of carbonyl (C=O) groups excluding carboxylic acids is 1. The third kappa shape index (κ3) is 8.54. The first kappa shape index (κ1) is 25.3. The van der Waals surface area contributed by atoms with E-state index in [1.807, 2.05) is 0 Å². The van der Waals surface area contributed by atoms with Crippen LogP contribution < -0.4 is 20.7 Å². The first-order valence-corrected chi connectivity index (χ1v) is 10.9. The van der Waals surface area contributed by atoms with E-state index in [2.05, 4.69) is 31.1 Å². The maximum Gasteiger partial charge on any atom is 0.407 e. The number of amides is 1. The van der Waals surface area contributed by atoms with Gasteiger partial charge in [-0.1, -0.05) is 12.1 Å². The van der Waals surface area contributed by atoms with Crippen molar-refractivity contribution in [3.8, 4) is 5.75 Å². The van der Waals surface area contributed by atoms with Crippen molar-refractivity contribution in [1.82, 2.24) is 15.3 Å². The summed E-state index contributed by atoms with van der Waals surface area (Å²) >= 11 is 0. The summed E-state index contributed by atoms with van der Waals surface area (Å²) in [6.07, 6.45) is 1.16. The number of nitroso groups, excluding NO2 is 1. The molecule has 0 saturated heterocycles. The second-order valence-corrected chi connectivity index (χ2v) is 8.44. The molecule has 0 unspecified atom stereocenters. The molecule has 3 N–H and O–H groups in total. The maximum absolute atomic E-state index is 14.2. The number of nitrogens with zero attached hydrogens (tertiary/aromatic N) is 3. The van der Waals surface area contributed by atoms with Gasteiger partial charge in [-0.15, -0.1) is 4.91 Å². The van der Waals surface area contributed by atoms with Crippen molar-refractivity contribution in [2.45, 2.75) is 32.8 Å². The lowest BCUT2D eigenvalue weighted by Gasteiger charge is -2.19. The summed E-state index contributed by atoms with van der Waals surface area (Å²) in [5.74, 6) is 0.0516. The van der Waals surface area contributed by atoms with Crippen LogP contribution in [-0.2, 0) is 4.74 Å². The normalized spacial score (nSPS) is 10.9. The predicted molar refractivity (Wildman–Crippen MR) is 131 cm³/mol. The van der Waals surface area contributed by atoms with Crippen LogP contribution in [0.25, 0.3) is 0 Å². The molecule has 0 atom stereocenters. The average Bonchev–Trinajstić information content (AvgIpc) is 2.80. The zero-order valence-electron chi connectivity index (χ0n) is 19.7. The fourth-order valence-corrected chi connectivity index (χ4v) is 2.85. The van der Waals surface area contributed by atoms with Crippen LogP contribution in [0.2, 0.25) is 0 Å². The number of hydrogen-bond donors (Lipinski definition) is 3. The van der Waals surface area contributed by atoms with Crippen LogP contribution in [0.15, 0.2) is 59.9 Å². The zero-order chi connectivity index (χ0) is 25.3. The van der Waals surface area contributed by atoms with Crippen LogP contribution in [0.1, 0.15) is 27.2 Å². The number of benzene rings is 2. The molecule has 0 radical (unpaired) electrons. The van der Waals surface area contributed by atoms with Crippen molar-refractivity contribution < 1.29 is 18.7 Å². The lowest BCUT2D eigenvalue weighted by molar-refractivity contribution is 0.0525. The van der Waals surface area contributed by atoms with Crippen LogP contribution >= 0.6 is 0 Å². The number of hydrogen-bond acceptors (Lipinski definition) is 9. The molecule has 2 aromatic carbocycles. The lowest BCUT2D eigenvalue weighted by atomic mass is 10.2. The van der Waals surface area contributed by atoms with Crippen molar-refractivity contribution >= 4 is 34.9 Å². The minimum absolute atomic E-state index is 0.0598. The van der Waals surface area contributed by atoms with E-state index >= 15 is 0 Å². The Kier molecular flexibility index (Phi) is 8.49. The molecular formula is C24H27FN6O4. The summed E-state index contributed by atoms with van der Waals surface area (Å²) in [6.45, 7) is 6.20. The summed E-state index contributed by atoms with van der Waals surface area (Å²) in [6, 6.07) is 13.4. The fraction of sp³-hybridized carbons (Fsp3) is 0.292. The number of rotatable bonds is 10. The van der Waals surface area contributed by atoms with Crippen molar-refractivity contribution in [2.24, 2.45) is 5.18 Å². The predicted octanol–water partition coefficient (Wildman–Crippen LogP) is 5.79. The number of anilines is 4. The molecule has 1 amide bonds. The molecule has 0 saturated carbocycles. The molecule has 184 valence electrons. The highest BCUT2D eigenvalue weighted by Gasteiger charge is 2.15. The van der Waals surface area contributed by atoms with Crippen molar-refractivity contribution in [3.63, 3.8) is 0 Å². The minimum Gasteiger partial charge on any atom is -0.493 e. The van der Waals surface area contributed by atoms with E-state index in [1.165, 1.54) is 12.1 Å². The Labute approximate surface area is 202 Å². The lowest BCUT2D eigenvalue weighted by Crippen LogP contribution is -2.33. The van der Waals surface area contributed by atoms with Gasteiger partial charge in [0, 0.05) is 24.0 Å². The molecule has 3 rings (SSSR count). The molecule has 0 spiro atoms. The molecule has 0 fully saturated rings. The van der Waals surface area contributed by atoms with Crippen molar-refractivity contribution in [2.75, 3.05) is 23.8 Å². The standard InChI is InChI=1S/C24H27FN6O4/c1-24(2,3)35-23(32)26-11-6-12-34-19-10-5-8-17(14-19)29-22-27-15-20(25)21(30-22)28-16-7-4-9-18(13-16)31-33/h4-5,7-10,13-15H,6,11-12H2,1-3H3,(H,26,32)(H2,27,28,29,30). The summed E-state index contributed by atoms with van der Waals surface area (Å²) in [7, 11) is 0. The van der Waals surface area contributed by atoms with Crippen LogP contribution in [0.3, 0.4) is 0 Å². The molecule has 1 aromatic heterocycles. The molecule has 1 heterocycles. The van der Waals surface area contributed by atoms with E-state index in [4.69, 9.17) is 9.47 Å². The second-order valence-electron chi connectivity index (χ2n) is 8.44. The molecule has 0 aliphatic carbocycles. The SMILES string of the molecule is CC(C)(C)OC(=O)NCCCOc1cccc(Nc2ncc(F)c(Nc3cccc(N=O)c3)n2)c1. The van der Waals surface area contributed by atoms with Gasteiger partial charge in [0.05, 0.1) is 12.8 Å². The van der Waals surface area contributed by atoms with E-state index in [1.54, 1.807) is 57.2 Å². The number of halogens is 1. The highest BCUT2D eigenvalue weighted by molar-refractivity contribution is 5.67. The Morgan fingerprint density at radius 2 is 1.83 bits per heavy atom. The van der Waals surface area contributed by atoms with Gasteiger partial charge in [-0.3, -0.25) is 0 Å². The van der Waals surface area contributed by atoms with Gasteiger partial charge in [0.1, 0.15) is 17.0 Å². The fourth-order valence-electron chi connectivity index (χ4n) is 2.85. The first-order valence-electron chi connectivity index (χ1n) is 10.9. The molecule has 11 heteroatoms. The summed E-state index contributed by atoms with van der Waals surface area (Å²) in [5.41, 5.74) is 0.763. The number of carbonyl (C=O) groups is 1. The van der Waals surface area contributed by atoms with E-state index in [0.29, 0.717) is 36.7 Å². The Hall–Kier alpha value is -4.28. The second kappa shape index (κ2) is 11.7. The third-order valence-corrected chi connectivity index (χ3v) is 4.31. The third-order valence-electron chi connectivity index (χ3n) is 4.31. The molecule has 0 aliphatic heterocycles. The van der Waals surface area contributed by atoms with Gasteiger partial charge in [0.15, 0.2) is 11.6 Å². The van der Waals surface area contributed by atoms with Crippen LogP contribution in [-0.4, -0.2) is 34.8 Å². The molecule has 3 aromatic rings. The van der Waals surface area contributed by atoms with E-state index in [0.717, 1.165) is 6.20 Å². The van der Waals surface area contributed by atoms with Gasteiger partial charge < -0.3 is 25.4 Å². The van der Waals surface area contributed by atoms with E-state index in [-0.39, 0.29) is 17.5 Å². The first-order chi connectivity index (χ1) is 16.7. The van der Waals surface area contributed by atoms with Crippen molar-refractivity contribution in [3.05, 3.63) is 65.5 Å². The number of aromatic nitrogens is 2. The molecule has 10 nitrogen and oxygen atoms in total. The van der Waals surface area contributed by atoms with Crippen LogP contribution in [0, 0.1) is 10.7 Å². The Bertz CT molecular complexity index is 1170. The van der Waals surface area contributed by atoms with Gasteiger partial charge in [0.25, 0.3) is 0 Å². The van der Waals surface area contributed by atoms with Crippen LogP contribution in [0.5, 0.6) is 5.75 Å². The largest absolute Gasteiger partial charge is 0.493 e. The van der Waals surface area contributed by atoms with Crippen molar-refractivity contribution in [1.29, 1.82) is 0 Å². The quantitative estimate of drug-likeness (QED) is 0.245. The Balaban J connectivity index is 1.54. The molecular weight excluding hydrogens is 455 g/mol. The van der Waals surface area contributed by atoms with Gasteiger partial charge in [0.2, 0.25) is 5.95 Å². The summed E-state index contributed by atoms with van der Waals surface area (Å²) < 4.78 is 25.1. The minimum atomic E-state index is -0.655. The Morgan fingerprint density at radius 1 is 1.09 bits per heavy atom. The van der Waals surface area contributed by atoms with Gasteiger partial charge in [-0.05, 0) is 62.7 Å². The number of alkyl carbamates (subject to hydrolysis) is 1. The summed E-state index contributed by atoms with van der Waals surface area (Å²) in [5, 5.41) is 11.4. The highest BCUT2D eigenvalue weighted by atomic mass is 19.1. The van der Waals surface area contributed by atoms with Crippen LogP contribution in [0.4, 0.5) is 38.0 Å². The number of ether oxygens (including phenoxy) is 2. The average molecular weight is 483 g/mol. The van der Waals surface area contributed by atoms with E-state index < -0.39 is 17.5 Å². The summed E-state index contributed by atoms with van der Waals surface area (Å²) in [4.78, 5) is 30.5. The molecule has 0 bridgehead atoms. The van der Waals surface area contributed by atoms with Gasteiger partial charge in [-0.25, -0.2) is 14.2 Å². The molecule has 35 heavy (non-hydrogen) atoms. The van der Waals surface area contributed by atoms with Gasteiger partial charge >= 0.3 is 6.09 Å². The monoisotopic (exact) mass is 482 g/mol. The maximum atomic E-state index is 14.2. The Morgan fingerprint density at radius 3 is 2.57 bits per heavy atom. The van der Waals surface area contributed by atoms with E-state index in [9.17, 15) is 14.1 Å². The van der Waals surface area contributed by atoms with Gasteiger partial charge in [-0.2, -0.15) is 4.98 Å².